The minimum absolute atomic E-state index is 0.0638. The molecule has 2 N–H and O–H groups in total. The Bertz CT molecular complexity index is 803. The Morgan fingerprint density at radius 2 is 2.19 bits per heavy atom. The molecule has 0 amide bonds. The molecule has 4 nitrogen and oxygen atoms in total. The van der Waals surface area contributed by atoms with Crippen LogP contribution in [0.5, 0.6) is 0 Å². The molecule has 0 radical (unpaired) electrons. The van der Waals surface area contributed by atoms with Gasteiger partial charge in [-0.25, -0.2) is 4.39 Å². The van der Waals surface area contributed by atoms with Gasteiger partial charge < -0.3 is 14.5 Å². The van der Waals surface area contributed by atoms with Gasteiger partial charge in [-0.1, -0.05) is 0 Å². The van der Waals surface area contributed by atoms with Gasteiger partial charge in [-0.05, 0) is 42.3 Å². The van der Waals surface area contributed by atoms with Crippen molar-refractivity contribution < 1.29 is 14.3 Å². The number of nitrogens with one attached hydrogen (secondary N) is 1. The molecule has 0 fully saturated rings. The van der Waals surface area contributed by atoms with Gasteiger partial charge in [0.25, 0.3) is 0 Å². The fraction of sp³-hybridized carbons (Fsp3) is 0.188. The Balaban J connectivity index is 2.19. The lowest BCUT2D eigenvalue weighted by molar-refractivity contribution is -0.136. The van der Waals surface area contributed by atoms with Crippen molar-refractivity contribution in [2.24, 2.45) is 0 Å². The molecule has 0 aromatic carbocycles. The predicted octanol–water partition coefficient (Wildman–Crippen LogP) is 2.93. The second-order valence-corrected chi connectivity index (χ2v) is 5.10. The van der Waals surface area contributed by atoms with Gasteiger partial charge in [0.05, 0.1) is 6.42 Å². The fourth-order valence-corrected chi connectivity index (χ4v) is 2.74. The van der Waals surface area contributed by atoms with Crippen molar-refractivity contribution in [1.29, 1.82) is 0 Å². The van der Waals surface area contributed by atoms with Gasteiger partial charge in [0.2, 0.25) is 0 Å². The number of pyridine rings is 1. The highest BCUT2D eigenvalue weighted by atomic mass is 19.1. The first kappa shape index (κ1) is 13.4. The zero-order chi connectivity index (χ0) is 15.0. The van der Waals surface area contributed by atoms with E-state index in [-0.39, 0.29) is 12.2 Å². The second kappa shape index (κ2) is 5.09. The number of aromatic nitrogens is 2. The van der Waals surface area contributed by atoms with Crippen LogP contribution < -0.4 is 0 Å². The molecule has 0 atom stereocenters. The average Bonchev–Trinajstić information content (AvgIpc) is 3.01. The monoisotopic (exact) mass is 286 g/mol. The Labute approximate surface area is 120 Å². The van der Waals surface area contributed by atoms with Gasteiger partial charge in [0.1, 0.15) is 5.82 Å². The quantitative estimate of drug-likeness (QED) is 0.774. The van der Waals surface area contributed by atoms with Gasteiger partial charge in [-0.2, -0.15) is 0 Å². The Kier molecular flexibility index (Phi) is 3.25. The van der Waals surface area contributed by atoms with Gasteiger partial charge >= 0.3 is 5.97 Å². The van der Waals surface area contributed by atoms with E-state index in [0.717, 1.165) is 28.0 Å². The number of hydrogen-bond donors (Lipinski definition) is 2. The van der Waals surface area contributed by atoms with Gasteiger partial charge in [0.15, 0.2) is 0 Å². The van der Waals surface area contributed by atoms with E-state index in [9.17, 15) is 9.18 Å². The number of halogens is 1. The number of rotatable bonds is 4. The smallest absolute Gasteiger partial charge is 0.307 e. The van der Waals surface area contributed by atoms with E-state index in [1.54, 1.807) is 10.5 Å². The maximum absolute atomic E-state index is 13.6. The van der Waals surface area contributed by atoms with E-state index in [1.807, 2.05) is 25.3 Å². The first-order valence-electron chi connectivity index (χ1n) is 6.68. The first-order valence-corrected chi connectivity index (χ1v) is 6.68. The third-order valence-electron chi connectivity index (χ3n) is 3.75. The number of carboxylic acid groups (broad SMARTS) is 1. The Morgan fingerprint density at radius 1 is 1.38 bits per heavy atom. The third kappa shape index (κ3) is 2.42. The SMILES string of the molecule is Cc1c(CC(=O)O)c2ccc(F)cn2c1Cc1ccc[nH]1. The van der Waals surface area contributed by atoms with Crippen molar-refractivity contribution in [1.82, 2.24) is 9.38 Å². The first-order chi connectivity index (χ1) is 10.1. The number of carboxylic acids is 1. The summed E-state index contributed by atoms with van der Waals surface area (Å²) in [4.78, 5) is 14.2. The van der Waals surface area contributed by atoms with E-state index in [1.165, 1.54) is 12.3 Å². The van der Waals surface area contributed by atoms with E-state index in [2.05, 4.69) is 4.98 Å². The van der Waals surface area contributed by atoms with Crippen LogP contribution in [0.1, 0.15) is 22.5 Å². The molecule has 3 aromatic heterocycles. The number of H-pyrrole nitrogens is 1. The molecule has 0 bridgehead atoms. The van der Waals surface area contributed by atoms with Crippen molar-refractivity contribution in [2.75, 3.05) is 0 Å². The minimum Gasteiger partial charge on any atom is -0.481 e. The average molecular weight is 286 g/mol. The number of fused-ring (bicyclic) bond motifs is 1. The molecule has 3 aromatic rings. The highest BCUT2D eigenvalue weighted by molar-refractivity contribution is 5.76. The summed E-state index contributed by atoms with van der Waals surface area (Å²) in [5.74, 6) is -1.23. The molecule has 21 heavy (non-hydrogen) atoms. The molecule has 3 rings (SSSR count). The number of aromatic amines is 1. The van der Waals surface area contributed by atoms with Crippen molar-refractivity contribution in [2.45, 2.75) is 19.8 Å². The topological polar surface area (TPSA) is 57.5 Å². The molecular formula is C16H15FN2O2. The molecule has 3 heterocycles. The fourth-order valence-electron chi connectivity index (χ4n) is 2.74. The molecule has 0 aliphatic rings. The maximum atomic E-state index is 13.6. The molecule has 0 aliphatic heterocycles. The second-order valence-electron chi connectivity index (χ2n) is 5.10. The molecular weight excluding hydrogens is 271 g/mol. The van der Waals surface area contributed by atoms with Crippen molar-refractivity contribution in [3.05, 3.63) is 65.0 Å². The molecule has 0 aliphatic carbocycles. The Hall–Kier alpha value is -2.56. The van der Waals surface area contributed by atoms with Crippen LogP contribution in [0.2, 0.25) is 0 Å². The predicted molar refractivity (Wildman–Crippen MR) is 77.0 cm³/mol. The van der Waals surface area contributed by atoms with Crippen molar-refractivity contribution in [3.8, 4) is 0 Å². The maximum Gasteiger partial charge on any atom is 0.307 e. The van der Waals surface area contributed by atoms with Crippen LogP contribution in [0, 0.1) is 12.7 Å². The molecule has 0 saturated heterocycles. The van der Waals surface area contributed by atoms with Crippen molar-refractivity contribution >= 4 is 11.5 Å². The summed E-state index contributed by atoms with van der Waals surface area (Å²) in [5.41, 5.74) is 4.30. The van der Waals surface area contributed by atoms with Gasteiger partial charge in [-0.15, -0.1) is 0 Å². The standard InChI is InChI=1S/C16H15FN2O2/c1-10-13(8-16(20)21)14-5-4-11(17)9-19(14)15(10)7-12-3-2-6-18-12/h2-6,9,18H,7-8H2,1H3,(H,20,21). The third-order valence-corrected chi connectivity index (χ3v) is 3.75. The van der Waals surface area contributed by atoms with E-state index < -0.39 is 5.97 Å². The van der Waals surface area contributed by atoms with Crippen LogP contribution in [0.15, 0.2) is 36.7 Å². The highest BCUT2D eigenvalue weighted by Gasteiger charge is 2.17. The van der Waals surface area contributed by atoms with Crippen LogP contribution >= 0.6 is 0 Å². The van der Waals surface area contributed by atoms with Crippen LogP contribution in [-0.2, 0) is 17.6 Å². The van der Waals surface area contributed by atoms with Crippen molar-refractivity contribution in [3.63, 3.8) is 0 Å². The van der Waals surface area contributed by atoms with E-state index in [0.29, 0.717) is 6.42 Å². The lowest BCUT2D eigenvalue weighted by Gasteiger charge is -2.03. The number of carbonyl (C=O) groups is 1. The summed E-state index contributed by atoms with van der Waals surface area (Å²) in [5, 5.41) is 9.08. The summed E-state index contributed by atoms with van der Waals surface area (Å²) >= 11 is 0. The molecule has 0 saturated carbocycles. The number of nitrogens with zero attached hydrogens (tertiary/aromatic N) is 1. The van der Waals surface area contributed by atoms with Gasteiger partial charge in [0, 0.05) is 35.7 Å². The zero-order valence-electron chi connectivity index (χ0n) is 11.6. The summed E-state index contributed by atoms with van der Waals surface area (Å²) in [6.45, 7) is 1.89. The largest absolute Gasteiger partial charge is 0.481 e. The van der Waals surface area contributed by atoms with E-state index in [4.69, 9.17) is 5.11 Å². The number of aliphatic carboxylic acids is 1. The van der Waals surface area contributed by atoms with Crippen LogP contribution in [0.4, 0.5) is 4.39 Å². The Morgan fingerprint density at radius 3 is 2.86 bits per heavy atom. The molecule has 5 heteroatoms. The van der Waals surface area contributed by atoms with Crippen LogP contribution in [0.25, 0.3) is 5.52 Å². The highest BCUT2D eigenvalue weighted by Crippen LogP contribution is 2.26. The molecule has 0 spiro atoms. The normalized spacial score (nSPS) is 11.1. The lowest BCUT2D eigenvalue weighted by Crippen LogP contribution is -2.01. The van der Waals surface area contributed by atoms with Gasteiger partial charge in [-0.3, -0.25) is 4.79 Å². The van der Waals surface area contributed by atoms with E-state index >= 15 is 0 Å². The molecule has 0 unspecified atom stereocenters. The van der Waals surface area contributed by atoms with Crippen LogP contribution in [0.3, 0.4) is 0 Å². The number of hydrogen-bond acceptors (Lipinski definition) is 1. The summed E-state index contributed by atoms with van der Waals surface area (Å²) in [6.07, 6.45) is 3.78. The lowest BCUT2D eigenvalue weighted by atomic mass is 10.1. The summed E-state index contributed by atoms with van der Waals surface area (Å²) in [6, 6.07) is 6.85. The van der Waals surface area contributed by atoms with Crippen LogP contribution in [-0.4, -0.2) is 20.5 Å². The summed E-state index contributed by atoms with van der Waals surface area (Å²) < 4.78 is 15.3. The zero-order valence-corrected chi connectivity index (χ0v) is 11.6. The molecule has 108 valence electrons. The summed E-state index contributed by atoms with van der Waals surface area (Å²) in [7, 11) is 0. The minimum atomic E-state index is -0.888.